The van der Waals surface area contributed by atoms with Crippen molar-refractivity contribution >= 4 is 39.9 Å². The molecule has 0 amide bonds. The van der Waals surface area contributed by atoms with Crippen LogP contribution in [0.1, 0.15) is 5.56 Å². The molecule has 0 aromatic heterocycles. The molecule has 0 spiro atoms. The molecule has 0 saturated carbocycles. The van der Waals surface area contributed by atoms with E-state index in [1.54, 1.807) is 0 Å². The average Bonchev–Trinajstić information content (AvgIpc) is 2.06. The van der Waals surface area contributed by atoms with Crippen LogP contribution in [0.15, 0.2) is 12.1 Å². The first-order chi connectivity index (χ1) is 6.73. The number of nitro benzene ring substituents is 1. The standard InChI is InChI=1S/C7H2ClF3INO2/c8-5-2-3(13(14)15)1-4(6(5)12)7(9,10)11/h1-2H. The highest BCUT2D eigenvalue weighted by Gasteiger charge is 2.35. The lowest BCUT2D eigenvalue weighted by Gasteiger charge is -2.09. The molecular weight excluding hydrogens is 349 g/mol. The van der Waals surface area contributed by atoms with Crippen molar-refractivity contribution in [3.05, 3.63) is 36.4 Å². The monoisotopic (exact) mass is 351 g/mol. The number of benzene rings is 1. The normalized spacial score (nSPS) is 11.5. The Hall–Kier alpha value is -0.570. The minimum absolute atomic E-state index is 0.243. The summed E-state index contributed by atoms with van der Waals surface area (Å²) in [6.45, 7) is 0. The number of nitrogens with zero attached hydrogens (tertiary/aromatic N) is 1. The molecule has 8 heteroatoms. The fourth-order valence-electron chi connectivity index (χ4n) is 0.886. The topological polar surface area (TPSA) is 43.1 Å². The maximum Gasteiger partial charge on any atom is 0.417 e. The number of non-ortho nitro benzene ring substituents is 1. The van der Waals surface area contributed by atoms with Gasteiger partial charge in [-0.1, -0.05) is 11.6 Å². The van der Waals surface area contributed by atoms with E-state index in [0.29, 0.717) is 6.07 Å². The molecule has 0 radical (unpaired) electrons. The van der Waals surface area contributed by atoms with Gasteiger partial charge in [-0.3, -0.25) is 10.1 Å². The van der Waals surface area contributed by atoms with Crippen molar-refractivity contribution in [2.45, 2.75) is 6.18 Å². The van der Waals surface area contributed by atoms with Crippen LogP contribution in [0.2, 0.25) is 5.02 Å². The predicted molar refractivity (Wildman–Crippen MR) is 55.8 cm³/mol. The Morgan fingerprint density at radius 2 is 1.93 bits per heavy atom. The van der Waals surface area contributed by atoms with Gasteiger partial charge in [0, 0.05) is 15.7 Å². The molecular formula is C7H2ClF3INO2. The van der Waals surface area contributed by atoms with Crippen LogP contribution in [0, 0.1) is 13.7 Å². The molecule has 1 rings (SSSR count). The molecule has 0 unspecified atom stereocenters. The van der Waals surface area contributed by atoms with E-state index >= 15 is 0 Å². The summed E-state index contributed by atoms with van der Waals surface area (Å²) in [5.74, 6) is 0. The summed E-state index contributed by atoms with van der Waals surface area (Å²) in [7, 11) is 0. The van der Waals surface area contributed by atoms with Crippen LogP contribution in [-0.4, -0.2) is 4.92 Å². The van der Waals surface area contributed by atoms with Crippen LogP contribution in [0.25, 0.3) is 0 Å². The van der Waals surface area contributed by atoms with Crippen molar-refractivity contribution in [2.24, 2.45) is 0 Å². The summed E-state index contributed by atoms with van der Waals surface area (Å²) in [5.41, 5.74) is -1.77. The first-order valence-corrected chi connectivity index (χ1v) is 4.90. The lowest BCUT2D eigenvalue weighted by atomic mass is 10.2. The van der Waals surface area contributed by atoms with E-state index in [1.165, 1.54) is 22.6 Å². The summed E-state index contributed by atoms with van der Waals surface area (Å²) in [6.07, 6.45) is -4.65. The van der Waals surface area contributed by atoms with Crippen molar-refractivity contribution in [3.8, 4) is 0 Å². The van der Waals surface area contributed by atoms with Crippen molar-refractivity contribution in [1.29, 1.82) is 0 Å². The quantitative estimate of drug-likeness (QED) is 0.438. The van der Waals surface area contributed by atoms with Crippen LogP contribution in [0.4, 0.5) is 18.9 Å². The fraction of sp³-hybridized carbons (Fsp3) is 0.143. The summed E-state index contributed by atoms with van der Waals surface area (Å²) in [6, 6.07) is 1.35. The number of halogens is 5. The third kappa shape index (κ3) is 2.71. The Morgan fingerprint density at radius 3 is 2.33 bits per heavy atom. The highest BCUT2D eigenvalue weighted by Crippen LogP contribution is 2.38. The zero-order valence-corrected chi connectivity index (χ0v) is 9.72. The van der Waals surface area contributed by atoms with E-state index in [4.69, 9.17) is 11.6 Å². The molecule has 0 aliphatic rings. The third-order valence-corrected chi connectivity index (χ3v) is 3.31. The molecule has 3 nitrogen and oxygen atoms in total. The molecule has 0 saturated heterocycles. The van der Waals surface area contributed by atoms with Gasteiger partial charge in [0.25, 0.3) is 5.69 Å². The van der Waals surface area contributed by atoms with Gasteiger partial charge in [0.2, 0.25) is 0 Å². The molecule has 0 bridgehead atoms. The van der Waals surface area contributed by atoms with Crippen LogP contribution in [0.5, 0.6) is 0 Å². The van der Waals surface area contributed by atoms with Crippen LogP contribution < -0.4 is 0 Å². The predicted octanol–water partition coefficient (Wildman–Crippen LogP) is 3.87. The molecule has 0 N–H and O–H groups in total. The zero-order chi connectivity index (χ0) is 11.8. The molecule has 82 valence electrons. The third-order valence-electron chi connectivity index (χ3n) is 1.53. The number of nitro groups is 1. The van der Waals surface area contributed by atoms with Crippen molar-refractivity contribution in [3.63, 3.8) is 0 Å². The number of hydrogen-bond donors (Lipinski definition) is 0. The van der Waals surface area contributed by atoms with Crippen LogP contribution in [-0.2, 0) is 6.18 Å². The molecule has 0 atom stereocenters. The average molecular weight is 351 g/mol. The fourth-order valence-corrected chi connectivity index (χ4v) is 1.72. The Kier molecular flexibility index (Phi) is 3.44. The van der Waals surface area contributed by atoms with Gasteiger partial charge in [-0.2, -0.15) is 13.2 Å². The van der Waals surface area contributed by atoms with E-state index in [2.05, 4.69) is 0 Å². The summed E-state index contributed by atoms with van der Waals surface area (Å²) < 4.78 is 36.9. The molecule has 0 heterocycles. The Bertz CT molecular complexity index is 421. The maximum absolute atomic E-state index is 12.4. The second kappa shape index (κ2) is 4.12. The van der Waals surface area contributed by atoms with Crippen molar-refractivity contribution in [1.82, 2.24) is 0 Å². The van der Waals surface area contributed by atoms with Gasteiger partial charge in [0.05, 0.1) is 15.5 Å². The van der Waals surface area contributed by atoms with E-state index in [0.717, 1.165) is 6.07 Å². The minimum atomic E-state index is -4.65. The highest BCUT2D eigenvalue weighted by molar-refractivity contribution is 14.1. The van der Waals surface area contributed by atoms with Gasteiger partial charge in [0.1, 0.15) is 0 Å². The van der Waals surface area contributed by atoms with E-state index in [9.17, 15) is 23.3 Å². The van der Waals surface area contributed by atoms with Crippen LogP contribution >= 0.6 is 34.2 Å². The summed E-state index contributed by atoms with van der Waals surface area (Å²) in [4.78, 5) is 9.40. The largest absolute Gasteiger partial charge is 0.417 e. The first-order valence-electron chi connectivity index (χ1n) is 3.44. The Balaban J connectivity index is 3.45. The van der Waals surface area contributed by atoms with Gasteiger partial charge in [-0.05, 0) is 22.6 Å². The van der Waals surface area contributed by atoms with Crippen molar-refractivity contribution in [2.75, 3.05) is 0 Å². The Labute approximate surface area is 101 Å². The lowest BCUT2D eigenvalue weighted by Crippen LogP contribution is -2.08. The van der Waals surface area contributed by atoms with Gasteiger partial charge in [-0.25, -0.2) is 0 Å². The number of hydrogen-bond acceptors (Lipinski definition) is 2. The van der Waals surface area contributed by atoms with Gasteiger partial charge in [0.15, 0.2) is 0 Å². The summed E-state index contributed by atoms with van der Waals surface area (Å²) >= 11 is 6.85. The SMILES string of the molecule is O=[N+]([O-])c1cc(Cl)c(I)c(C(F)(F)F)c1. The van der Waals surface area contributed by atoms with E-state index in [1.807, 2.05) is 0 Å². The molecule has 0 aliphatic carbocycles. The van der Waals surface area contributed by atoms with E-state index < -0.39 is 22.4 Å². The van der Waals surface area contributed by atoms with Crippen LogP contribution in [0.3, 0.4) is 0 Å². The second-order valence-electron chi connectivity index (χ2n) is 2.54. The number of alkyl halides is 3. The molecule has 1 aromatic carbocycles. The second-order valence-corrected chi connectivity index (χ2v) is 4.03. The molecule has 1 aromatic rings. The van der Waals surface area contributed by atoms with Gasteiger partial charge in [-0.15, -0.1) is 0 Å². The van der Waals surface area contributed by atoms with Crippen molar-refractivity contribution < 1.29 is 18.1 Å². The molecule has 0 fully saturated rings. The summed E-state index contributed by atoms with van der Waals surface area (Å²) in [5, 5.41) is 10.0. The lowest BCUT2D eigenvalue weighted by molar-refractivity contribution is -0.385. The van der Waals surface area contributed by atoms with Gasteiger partial charge >= 0.3 is 6.18 Å². The molecule has 15 heavy (non-hydrogen) atoms. The Morgan fingerprint density at radius 1 is 1.40 bits per heavy atom. The zero-order valence-electron chi connectivity index (χ0n) is 6.81. The van der Waals surface area contributed by atoms with E-state index in [-0.39, 0.29) is 8.59 Å². The maximum atomic E-state index is 12.4. The first kappa shape index (κ1) is 12.5. The molecule has 0 aliphatic heterocycles. The number of rotatable bonds is 1. The van der Waals surface area contributed by atoms with Gasteiger partial charge < -0.3 is 0 Å². The minimum Gasteiger partial charge on any atom is -0.258 e. The highest BCUT2D eigenvalue weighted by atomic mass is 127. The smallest absolute Gasteiger partial charge is 0.258 e.